The largest absolute Gasteiger partial charge is 2.00 e. The molecule has 12 heavy (non-hydrogen) atoms. The van der Waals surface area contributed by atoms with E-state index in [-0.39, 0.29) is 40.0 Å². The van der Waals surface area contributed by atoms with Crippen LogP contribution in [-0.4, -0.2) is 30.2 Å². The van der Waals surface area contributed by atoms with Gasteiger partial charge in [0.15, 0.2) is 0 Å². The Hall–Kier alpha value is 0.616. The van der Waals surface area contributed by atoms with Gasteiger partial charge in [-0.1, -0.05) is 10.9 Å². The van der Waals surface area contributed by atoms with E-state index in [9.17, 15) is 0 Å². The molecule has 0 amide bonds. The first-order valence-electron chi connectivity index (χ1n) is 2.89. The molecular formula is C8H8Br2MgO. The summed E-state index contributed by atoms with van der Waals surface area (Å²) in [6.45, 7) is 3.80. The van der Waals surface area contributed by atoms with Crippen LogP contribution in [0.5, 0.6) is 0 Å². The predicted octanol–water partition coefficient (Wildman–Crippen LogP) is -0.807. The number of ether oxygens (including phenoxy) is 1. The fraction of sp³-hybridized carbons (Fsp3) is 0.125. The van der Waals surface area contributed by atoms with Gasteiger partial charge >= 0.3 is 23.1 Å². The Morgan fingerprint density at radius 3 is 2.58 bits per heavy atom. The van der Waals surface area contributed by atoms with Crippen molar-refractivity contribution < 1.29 is 21.7 Å². The van der Waals surface area contributed by atoms with Crippen molar-refractivity contribution in [3.8, 4) is 0 Å². The molecular weight excluding hydrogens is 296 g/mol. The molecule has 0 saturated carbocycles. The van der Waals surface area contributed by atoms with Crippen molar-refractivity contribution in [3.05, 3.63) is 41.0 Å². The summed E-state index contributed by atoms with van der Waals surface area (Å²) >= 11 is 3.34. The van der Waals surface area contributed by atoms with Gasteiger partial charge in [0, 0.05) is 5.76 Å². The van der Waals surface area contributed by atoms with Crippen LogP contribution in [0, 0.1) is 4.83 Å². The molecule has 0 saturated heterocycles. The number of allylic oxidation sites excluding steroid dienone is 4. The minimum atomic E-state index is 0. The Morgan fingerprint density at radius 1 is 1.58 bits per heavy atom. The van der Waals surface area contributed by atoms with E-state index in [0.29, 0.717) is 0 Å². The Morgan fingerprint density at radius 2 is 2.17 bits per heavy atom. The Labute approximate surface area is 108 Å². The zero-order valence-electron chi connectivity index (χ0n) is 6.81. The van der Waals surface area contributed by atoms with Crippen molar-refractivity contribution in [3.63, 3.8) is 0 Å². The molecule has 0 unspecified atom stereocenters. The van der Waals surface area contributed by atoms with Crippen LogP contribution in [0.1, 0.15) is 0 Å². The quantitative estimate of drug-likeness (QED) is 0.455. The Balaban J connectivity index is 0. The Kier molecular flexibility index (Phi) is 8.89. The van der Waals surface area contributed by atoms with Crippen LogP contribution in [0.3, 0.4) is 0 Å². The topological polar surface area (TPSA) is 9.23 Å². The van der Waals surface area contributed by atoms with Crippen LogP contribution in [-0.2, 0) is 4.74 Å². The average Bonchev–Trinajstić information content (AvgIpc) is 1.95. The van der Waals surface area contributed by atoms with E-state index in [1.165, 1.54) is 0 Å². The number of methoxy groups -OCH3 is 1. The monoisotopic (exact) mass is 302 g/mol. The van der Waals surface area contributed by atoms with E-state index in [2.05, 4.69) is 22.5 Å². The van der Waals surface area contributed by atoms with Crippen LogP contribution in [0.25, 0.3) is 0 Å². The van der Waals surface area contributed by atoms with E-state index >= 15 is 0 Å². The molecule has 0 fully saturated rings. The van der Waals surface area contributed by atoms with Gasteiger partial charge in [0.25, 0.3) is 0 Å². The summed E-state index contributed by atoms with van der Waals surface area (Å²) < 4.78 is 4.99. The fourth-order valence-electron chi connectivity index (χ4n) is 0.678. The molecule has 0 aromatic heterocycles. The average molecular weight is 304 g/mol. The third-order valence-corrected chi connectivity index (χ3v) is 2.03. The van der Waals surface area contributed by atoms with E-state index in [1.807, 2.05) is 18.2 Å². The van der Waals surface area contributed by atoms with Crippen LogP contribution < -0.4 is 17.0 Å². The van der Waals surface area contributed by atoms with E-state index in [1.54, 1.807) is 7.11 Å². The molecule has 0 bridgehead atoms. The van der Waals surface area contributed by atoms with E-state index < -0.39 is 0 Å². The van der Waals surface area contributed by atoms with Crippen LogP contribution in [0.15, 0.2) is 36.1 Å². The summed E-state index contributed by atoms with van der Waals surface area (Å²) in [6, 6.07) is 0. The summed E-state index contributed by atoms with van der Waals surface area (Å²) in [5.74, 6) is 0.841. The summed E-state index contributed by atoms with van der Waals surface area (Å²) in [7, 11) is 1.64. The van der Waals surface area contributed by atoms with Crippen molar-refractivity contribution in [1.29, 1.82) is 0 Å². The minimum absolute atomic E-state index is 0. The van der Waals surface area contributed by atoms with Gasteiger partial charge in [-0.2, -0.15) is 6.58 Å². The van der Waals surface area contributed by atoms with Gasteiger partial charge in [-0.3, -0.25) is 0 Å². The number of halogens is 2. The first-order chi connectivity index (χ1) is 4.74. The molecule has 62 valence electrons. The fourth-order valence-corrected chi connectivity index (χ4v) is 0.925. The van der Waals surface area contributed by atoms with Gasteiger partial charge in [0.1, 0.15) is 0 Å². The number of hydrogen-bond acceptors (Lipinski definition) is 1. The molecule has 4 heteroatoms. The van der Waals surface area contributed by atoms with Crippen molar-refractivity contribution >= 4 is 39.0 Å². The smallest absolute Gasteiger partial charge is 1.00 e. The molecule has 0 spiro atoms. The van der Waals surface area contributed by atoms with Crippen molar-refractivity contribution in [2.75, 3.05) is 7.11 Å². The molecule has 0 N–H and O–H groups in total. The van der Waals surface area contributed by atoms with Gasteiger partial charge in [-0.05, 0) is 0 Å². The van der Waals surface area contributed by atoms with Gasteiger partial charge in [0.2, 0.25) is 0 Å². The van der Waals surface area contributed by atoms with E-state index in [0.717, 1.165) is 16.2 Å². The van der Waals surface area contributed by atoms with Gasteiger partial charge in [-0.15, -0.1) is 33.7 Å². The molecule has 0 radical (unpaired) electrons. The second-order valence-corrected chi connectivity index (χ2v) is 2.81. The SMILES string of the molecule is C=C1C=C(OC)C=C[C-]1Br.[Br-].[Mg+2]. The van der Waals surface area contributed by atoms with E-state index in [4.69, 9.17) is 4.74 Å². The zero-order chi connectivity index (χ0) is 7.56. The molecule has 0 aliphatic heterocycles. The minimum Gasteiger partial charge on any atom is -1.00 e. The third kappa shape index (κ3) is 4.03. The first-order valence-corrected chi connectivity index (χ1v) is 3.69. The number of hydrogen-bond donors (Lipinski definition) is 0. The van der Waals surface area contributed by atoms with Gasteiger partial charge < -0.3 is 21.7 Å². The summed E-state index contributed by atoms with van der Waals surface area (Å²) in [6.07, 6.45) is 5.68. The molecule has 0 atom stereocenters. The predicted molar refractivity (Wildman–Crippen MR) is 51.3 cm³/mol. The summed E-state index contributed by atoms with van der Waals surface area (Å²) in [5, 5.41) is 0. The molecule has 0 heterocycles. The Bertz CT molecular complexity index is 211. The molecule has 0 aromatic rings. The second-order valence-electron chi connectivity index (χ2n) is 1.96. The maximum atomic E-state index is 4.99. The molecule has 1 nitrogen and oxygen atoms in total. The standard InChI is InChI=1S/C8H8BrO.BrH.Mg/c1-6-5-7(10-2)3-4-8(6)9;;/h3-5H,1H2,2H3;1H;/q-1;;+2/p-1. The van der Waals surface area contributed by atoms with Crippen LogP contribution >= 0.6 is 15.9 Å². The maximum absolute atomic E-state index is 4.99. The van der Waals surface area contributed by atoms with Crippen molar-refractivity contribution in [2.24, 2.45) is 0 Å². The normalized spacial score (nSPS) is 14.3. The third-order valence-electron chi connectivity index (χ3n) is 1.25. The van der Waals surface area contributed by atoms with Gasteiger partial charge in [0.05, 0.1) is 7.11 Å². The zero-order valence-corrected chi connectivity index (χ0v) is 11.4. The number of rotatable bonds is 1. The van der Waals surface area contributed by atoms with Crippen LogP contribution in [0.4, 0.5) is 0 Å². The van der Waals surface area contributed by atoms with Gasteiger partial charge in [-0.25, -0.2) is 0 Å². The molecule has 1 aliphatic carbocycles. The first kappa shape index (κ1) is 15.1. The molecule has 1 aliphatic rings. The summed E-state index contributed by atoms with van der Waals surface area (Å²) in [4.78, 5) is 1.01. The summed E-state index contributed by atoms with van der Waals surface area (Å²) in [5.41, 5.74) is 0.944. The van der Waals surface area contributed by atoms with Crippen LogP contribution in [0.2, 0.25) is 0 Å². The molecule has 0 aromatic carbocycles. The second kappa shape index (κ2) is 7.06. The molecule has 1 rings (SSSR count). The maximum Gasteiger partial charge on any atom is 2.00 e. The van der Waals surface area contributed by atoms with Crippen molar-refractivity contribution in [2.45, 2.75) is 0 Å². The van der Waals surface area contributed by atoms with Crippen molar-refractivity contribution in [1.82, 2.24) is 0 Å².